The van der Waals surface area contributed by atoms with E-state index in [1.165, 1.54) is 0 Å². The van der Waals surface area contributed by atoms with Crippen molar-refractivity contribution in [2.24, 2.45) is 0 Å². The van der Waals surface area contributed by atoms with Gasteiger partial charge in [0.05, 0.1) is 16.8 Å². The molecule has 2 N–H and O–H groups in total. The summed E-state index contributed by atoms with van der Waals surface area (Å²) >= 11 is 0. The monoisotopic (exact) mass is 270 g/mol. The molecule has 0 aliphatic heterocycles. The molecule has 5 heteroatoms. The number of hydrogen-bond donors (Lipinski definition) is 2. The maximum Gasteiger partial charge on any atom is 0.186 e. The quantitative estimate of drug-likeness (QED) is 0.872. The highest BCUT2D eigenvalue weighted by atomic mass is 16.3. The third kappa shape index (κ3) is 2.70. The molecule has 2 rings (SSSR count). The summed E-state index contributed by atoms with van der Waals surface area (Å²) in [6, 6.07) is 9.55. The normalized spacial score (nSPS) is 11.3. The summed E-state index contributed by atoms with van der Waals surface area (Å²) in [5.41, 5.74) is 0.833. The minimum Gasteiger partial charge on any atom is -0.388 e. The second-order valence-corrected chi connectivity index (χ2v) is 4.84. The number of nitrogens with one attached hydrogen (secondary N) is 1. The van der Waals surface area contributed by atoms with Gasteiger partial charge in [0.1, 0.15) is 6.07 Å². The van der Waals surface area contributed by atoms with E-state index < -0.39 is 5.60 Å². The molecule has 104 valence electrons. The van der Waals surface area contributed by atoms with E-state index in [-0.39, 0.29) is 5.69 Å². The number of nitrogens with zero attached hydrogens (tertiary/aromatic N) is 3. The topological polar surface area (TPSA) is 81.8 Å². The van der Waals surface area contributed by atoms with Crippen LogP contribution in [0.4, 0.5) is 5.69 Å². The van der Waals surface area contributed by atoms with Gasteiger partial charge in [0.2, 0.25) is 0 Å². The molecule has 20 heavy (non-hydrogen) atoms. The molecule has 0 bridgehead atoms. The molecule has 0 atom stereocenters. The fraction of sp³-hybridized carbons (Fsp3) is 0.400. The summed E-state index contributed by atoms with van der Waals surface area (Å²) in [4.78, 5) is 0. The van der Waals surface area contributed by atoms with Gasteiger partial charge < -0.3 is 10.4 Å². The summed E-state index contributed by atoms with van der Waals surface area (Å²) in [7, 11) is 0. The molecule has 0 radical (unpaired) electrons. The Bertz CT molecular complexity index is 644. The number of nitriles is 1. The van der Waals surface area contributed by atoms with Gasteiger partial charge in [0, 0.05) is 11.9 Å². The van der Waals surface area contributed by atoms with Gasteiger partial charge >= 0.3 is 0 Å². The van der Waals surface area contributed by atoms with Gasteiger partial charge in [-0.3, -0.25) is 0 Å². The molecule has 0 spiro atoms. The number of benzene rings is 1. The minimum atomic E-state index is -0.781. The Morgan fingerprint density at radius 3 is 2.60 bits per heavy atom. The minimum absolute atomic E-state index is 0.248. The average Bonchev–Trinajstić information content (AvgIpc) is 2.52. The fourth-order valence-electron chi connectivity index (χ4n) is 2.06. The Morgan fingerprint density at radius 2 is 1.95 bits per heavy atom. The first kappa shape index (κ1) is 14.2. The first-order valence-corrected chi connectivity index (χ1v) is 6.75. The third-order valence-electron chi connectivity index (χ3n) is 3.68. The Kier molecular flexibility index (Phi) is 4.16. The number of hydrogen-bond acceptors (Lipinski definition) is 5. The van der Waals surface area contributed by atoms with Gasteiger partial charge in [-0.1, -0.05) is 32.0 Å². The predicted octanol–water partition coefficient (Wildman–Crippen LogP) is 2.46. The standard InChI is InChI=1S/C15H18N4O/c1-3-15(20,4-2)10-17-14-11-7-5-6-8-12(11)18-19-13(14)9-16/h5-8,20H,3-4,10H2,1-2H3,(H,17,18). The molecule has 0 unspecified atom stereocenters. The number of aromatic nitrogens is 2. The Hall–Kier alpha value is -2.19. The van der Waals surface area contributed by atoms with Gasteiger partial charge in [0.15, 0.2) is 5.69 Å². The number of rotatable bonds is 5. The van der Waals surface area contributed by atoms with Crippen molar-refractivity contribution in [1.82, 2.24) is 10.2 Å². The lowest BCUT2D eigenvalue weighted by Crippen LogP contribution is -2.35. The highest BCUT2D eigenvalue weighted by Gasteiger charge is 2.23. The molecule has 0 fully saturated rings. The summed E-state index contributed by atoms with van der Waals surface area (Å²) in [5.74, 6) is 0. The van der Waals surface area contributed by atoms with Crippen LogP contribution in [0.15, 0.2) is 24.3 Å². The van der Waals surface area contributed by atoms with Crippen LogP contribution in [0.25, 0.3) is 10.9 Å². The molecule has 0 aliphatic carbocycles. The lowest BCUT2D eigenvalue weighted by molar-refractivity contribution is 0.0457. The molecule has 1 aromatic heterocycles. The zero-order chi connectivity index (χ0) is 14.6. The van der Waals surface area contributed by atoms with Crippen molar-refractivity contribution in [2.45, 2.75) is 32.3 Å². The molecule has 5 nitrogen and oxygen atoms in total. The van der Waals surface area contributed by atoms with Gasteiger partial charge in [-0.25, -0.2) is 0 Å². The van der Waals surface area contributed by atoms with E-state index in [4.69, 9.17) is 5.26 Å². The maximum atomic E-state index is 10.3. The maximum absolute atomic E-state index is 10.3. The molecule has 0 saturated heterocycles. The van der Waals surface area contributed by atoms with Crippen LogP contribution in [0.5, 0.6) is 0 Å². The zero-order valence-corrected chi connectivity index (χ0v) is 11.7. The smallest absolute Gasteiger partial charge is 0.186 e. The van der Waals surface area contributed by atoms with Crippen LogP contribution in [0.2, 0.25) is 0 Å². The van der Waals surface area contributed by atoms with Crippen molar-refractivity contribution in [3.05, 3.63) is 30.0 Å². The van der Waals surface area contributed by atoms with Crippen molar-refractivity contribution in [2.75, 3.05) is 11.9 Å². The Morgan fingerprint density at radius 1 is 1.25 bits per heavy atom. The second-order valence-electron chi connectivity index (χ2n) is 4.84. The first-order valence-electron chi connectivity index (χ1n) is 6.75. The highest BCUT2D eigenvalue weighted by molar-refractivity contribution is 5.92. The van der Waals surface area contributed by atoms with E-state index in [2.05, 4.69) is 15.5 Å². The third-order valence-corrected chi connectivity index (χ3v) is 3.68. The van der Waals surface area contributed by atoms with Gasteiger partial charge in [0.25, 0.3) is 0 Å². The van der Waals surface area contributed by atoms with Gasteiger partial charge in [-0.2, -0.15) is 5.26 Å². The summed E-state index contributed by atoms with van der Waals surface area (Å²) in [6.45, 7) is 4.27. The molecule has 1 heterocycles. The number of fused-ring (bicyclic) bond motifs is 1. The largest absolute Gasteiger partial charge is 0.388 e. The summed E-state index contributed by atoms with van der Waals surface area (Å²) in [6.07, 6.45) is 1.30. The first-order chi connectivity index (χ1) is 9.63. The molecule has 1 aromatic carbocycles. The summed E-state index contributed by atoms with van der Waals surface area (Å²) < 4.78 is 0. The van der Waals surface area contributed by atoms with E-state index >= 15 is 0 Å². The molecule has 0 aliphatic rings. The fourth-order valence-corrected chi connectivity index (χ4v) is 2.06. The van der Waals surface area contributed by atoms with Crippen molar-refractivity contribution >= 4 is 16.6 Å². The van der Waals surface area contributed by atoms with Crippen molar-refractivity contribution in [3.8, 4) is 6.07 Å². The van der Waals surface area contributed by atoms with Crippen LogP contribution in [0.1, 0.15) is 32.4 Å². The van der Waals surface area contributed by atoms with Crippen LogP contribution in [0, 0.1) is 11.3 Å². The van der Waals surface area contributed by atoms with E-state index in [9.17, 15) is 5.11 Å². The van der Waals surface area contributed by atoms with E-state index in [1.54, 1.807) is 0 Å². The van der Waals surface area contributed by atoms with Gasteiger partial charge in [-0.05, 0) is 18.9 Å². The molecular formula is C15H18N4O. The Balaban J connectivity index is 2.40. The van der Waals surface area contributed by atoms with Crippen LogP contribution in [-0.4, -0.2) is 27.4 Å². The van der Waals surface area contributed by atoms with Crippen molar-refractivity contribution < 1.29 is 5.11 Å². The molecule has 2 aromatic rings. The van der Waals surface area contributed by atoms with Crippen molar-refractivity contribution in [3.63, 3.8) is 0 Å². The molecule has 0 amide bonds. The van der Waals surface area contributed by atoms with Crippen LogP contribution < -0.4 is 5.32 Å². The zero-order valence-electron chi connectivity index (χ0n) is 11.7. The number of aliphatic hydroxyl groups is 1. The summed E-state index contributed by atoms with van der Waals surface area (Å²) in [5, 5.41) is 31.5. The average molecular weight is 270 g/mol. The van der Waals surface area contributed by atoms with E-state index in [1.807, 2.05) is 44.2 Å². The SMILES string of the molecule is CCC(O)(CC)CNc1c(C#N)nnc2ccccc12. The highest BCUT2D eigenvalue weighted by Crippen LogP contribution is 2.25. The second kappa shape index (κ2) is 5.85. The van der Waals surface area contributed by atoms with Crippen LogP contribution in [0.3, 0.4) is 0 Å². The number of anilines is 1. The van der Waals surface area contributed by atoms with Crippen molar-refractivity contribution in [1.29, 1.82) is 5.26 Å². The van der Waals surface area contributed by atoms with E-state index in [0.29, 0.717) is 25.1 Å². The lowest BCUT2D eigenvalue weighted by Gasteiger charge is -2.26. The van der Waals surface area contributed by atoms with Crippen LogP contribution >= 0.6 is 0 Å². The molecule has 0 saturated carbocycles. The predicted molar refractivity (Wildman–Crippen MR) is 78.3 cm³/mol. The van der Waals surface area contributed by atoms with E-state index in [0.717, 1.165) is 10.9 Å². The van der Waals surface area contributed by atoms with Gasteiger partial charge in [-0.15, -0.1) is 10.2 Å². The van der Waals surface area contributed by atoms with Crippen LogP contribution in [-0.2, 0) is 0 Å². The Labute approximate surface area is 118 Å². The lowest BCUT2D eigenvalue weighted by atomic mass is 9.97. The molecular weight excluding hydrogens is 252 g/mol.